The molecule has 1 saturated heterocycles. The zero-order chi connectivity index (χ0) is 19.2. The molecule has 8 heteroatoms. The fourth-order valence-electron chi connectivity index (χ4n) is 3.07. The molecular weight excluding hydrogens is 348 g/mol. The third kappa shape index (κ3) is 4.91. The highest BCUT2D eigenvalue weighted by molar-refractivity contribution is 5.94. The van der Waals surface area contributed by atoms with Gasteiger partial charge in [-0.15, -0.1) is 0 Å². The highest BCUT2D eigenvalue weighted by atomic mass is 16.5. The van der Waals surface area contributed by atoms with Crippen molar-refractivity contribution >= 4 is 11.9 Å². The van der Waals surface area contributed by atoms with E-state index in [1.807, 2.05) is 21.9 Å². The minimum absolute atomic E-state index is 0.0127. The average Bonchev–Trinajstić information content (AvgIpc) is 2.96. The van der Waals surface area contributed by atoms with Gasteiger partial charge in [0.05, 0.1) is 13.2 Å². The molecule has 27 heavy (non-hydrogen) atoms. The van der Waals surface area contributed by atoms with Crippen LogP contribution >= 0.6 is 0 Å². The summed E-state index contributed by atoms with van der Waals surface area (Å²) in [6.45, 7) is 6.90. The molecule has 2 aromatic rings. The Morgan fingerprint density at radius 2 is 1.93 bits per heavy atom. The normalized spacial score (nSPS) is 15.4. The number of rotatable bonds is 5. The summed E-state index contributed by atoms with van der Waals surface area (Å²) in [5, 5.41) is 3.77. The molecule has 0 spiro atoms. The highest BCUT2D eigenvalue weighted by Gasteiger charge is 2.22. The molecule has 1 aliphatic rings. The molecule has 1 fully saturated rings. The first-order valence-electron chi connectivity index (χ1n) is 9.15. The van der Waals surface area contributed by atoms with E-state index in [4.69, 9.17) is 9.26 Å². The number of hydrogen-bond acceptors (Lipinski definition) is 7. The second kappa shape index (κ2) is 8.77. The van der Waals surface area contributed by atoms with Crippen molar-refractivity contribution < 1.29 is 18.8 Å². The molecule has 0 N–H and O–H groups in total. The summed E-state index contributed by atoms with van der Waals surface area (Å²) < 4.78 is 10.1. The molecule has 0 aliphatic carbocycles. The maximum absolute atomic E-state index is 12.8. The Bertz CT molecular complexity index is 787. The van der Waals surface area contributed by atoms with E-state index in [1.54, 1.807) is 26.0 Å². The molecule has 0 unspecified atom stereocenters. The summed E-state index contributed by atoms with van der Waals surface area (Å²) in [6, 6.07) is 7.17. The standard InChI is InChI=1S/C19H24N4O4/c1-3-26-17(24)13-22-9-4-10-23(12-11-22)19(25)16-7-5-15(6-8-16)18-20-14(2)21-27-18/h5-8H,3-4,9-13H2,1-2H3. The zero-order valence-corrected chi connectivity index (χ0v) is 15.7. The number of nitrogens with zero attached hydrogens (tertiary/aromatic N) is 4. The Kier molecular flexibility index (Phi) is 6.18. The van der Waals surface area contributed by atoms with Crippen LogP contribution in [0.5, 0.6) is 0 Å². The molecule has 0 atom stereocenters. The second-order valence-corrected chi connectivity index (χ2v) is 6.45. The molecule has 0 bridgehead atoms. The number of carbonyl (C=O) groups excluding carboxylic acids is 2. The van der Waals surface area contributed by atoms with Gasteiger partial charge in [-0.05, 0) is 44.5 Å². The van der Waals surface area contributed by atoms with Crippen molar-refractivity contribution in [2.75, 3.05) is 39.3 Å². The van der Waals surface area contributed by atoms with Crippen molar-refractivity contribution in [1.82, 2.24) is 19.9 Å². The van der Waals surface area contributed by atoms with Crippen LogP contribution in [-0.2, 0) is 9.53 Å². The largest absolute Gasteiger partial charge is 0.465 e. The number of aromatic nitrogens is 2. The maximum atomic E-state index is 12.8. The molecule has 1 aromatic carbocycles. The lowest BCUT2D eigenvalue weighted by Crippen LogP contribution is -2.37. The van der Waals surface area contributed by atoms with Crippen LogP contribution in [0.1, 0.15) is 29.5 Å². The third-order valence-electron chi connectivity index (χ3n) is 4.44. The molecule has 0 saturated carbocycles. The van der Waals surface area contributed by atoms with Crippen LogP contribution < -0.4 is 0 Å². The van der Waals surface area contributed by atoms with E-state index in [0.29, 0.717) is 43.5 Å². The van der Waals surface area contributed by atoms with E-state index in [0.717, 1.165) is 18.5 Å². The quantitative estimate of drug-likeness (QED) is 0.739. The number of esters is 1. The molecule has 1 aromatic heterocycles. The second-order valence-electron chi connectivity index (χ2n) is 6.45. The van der Waals surface area contributed by atoms with Crippen LogP contribution in [0.4, 0.5) is 0 Å². The molecule has 0 radical (unpaired) electrons. The first kappa shape index (κ1) is 19.0. The van der Waals surface area contributed by atoms with Crippen molar-refractivity contribution in [3.05, 3.63) is 35.7 Å². The fourth-order valence-corrected chi connectivity index (χ4v) is 3.07. The predicted molar refractivity (Wildman–Crippen MR) is 98.1 cm³/mol. The Balaban J connectivity index is 1.59. The van der Waals surface area contributed by atoms with Crippen LogP contribution in [0.25, 0.3) is 11.5 Å². The average molecular weight is 372 g/mol. The van der Waals surface area contributed by atoms with Gasteiger partial charge in [-0.2, -0.15) is 4.98 Å². The SMILES string of the molecule is CCOC(=O)CN1CCCN(C(=O)c2ccc(-c3nc(C)no3)cc2)CC1. The van der Waals surface area contributed by atoms with Gasteiger partial charge in [0.1, 0.15) is 0 Å². The van der Waals surface area contributed by atoms with Crippen LogP contribution in [0.3, 0.4) is 0 Å². The van der Waals surface area contributed by atoms with Gasteiger partial charge in [0, 0.05) is 37.3 Å². The lowest BCUT2D eigenvalue weighted by Gasteiger charge is -2.21. The third-order valence-corrected chi connectivity index (χ3v) is 4.44. The number of aryl methyl sites for hydroxylation is 1. The molecule has 144 valence electrons. The lowest BCUT2D eigenvalue weighted by atomic mass is 10.1. The molecule has 8 nitrogen and oxygen atoms in total. The number of carbonyl (C=O) groups is 2. The van der Waals surface area contributed by atoms with Crippen LogP contribution in [0.2, 0.25) is 0 Å². The molecule has 3 rings (SSSR count). The summed E-state index contributed by atoms with van der Waals surface area (Å²) in [5.41, 5.74) is 1.40. The maximum Gasteiger partial charge on any atom is 0.320 e. The van der Waals surface area contributed by atoms with E-state index in [2.05, 4.69) is 10.1 Å². The lowest BCUT2D eigenvalue weighted by molar-refractivity contribution is -0.144. The number of amides is 1. The monoisotopic (exact) mass is 372 g/mol. The van der Waals surface area contributed by atoms with Crippen molar-refractivity contribution in [2.45, 2.75) is 20.3 Å². The van der Waals surface area contributed by atoms with E-state index in [9.17, 15) is 9.59 Å². The van der Waals surface area contributed by atoms with Crippen LogP contribution in [-0.4, -0.2) is 71.1 Å². The fraction of sp³-hybridized carbons (Fsp3) is 0.474. The Morgan fingerprint density at radius 3 is 2.59 bits per heavy atom. The van der Waals surface area contributed by atoms with E-state index >= 15 is 0 Å². The van der Waals surface area contributed by atoms with Gasteiger partial charge >= 0.3 is 5.97 Å². The molecule has 1 aliphatic heterocycles. The van der Waals surface area contributed by atoms with Crippen molar-refractivity contribution in [1.29, 1.82) is 0 Å². The number of ether oxygens (including phenoxy) is 1. The van der Waals surface area contributed by atoms with Crippen molar-refractivity contribution in [3.8, 4) is 11.5 Å². The van der Waals surface area contributed by atoms with Crippen LogP contribution in [0, 0.1) is 6.92 Å². The van der Waals surface area contributed by atoms with E-state index in [-0.39, 0.29) is 18.4 Å². The number of benzene rings is 1. The highest BCUT2D eigenvalue weighted by Crippen LogP contribution is 2.18. The summed E-state index contributed by atoms with van der Waals surface area (Å²) in [5.74, 6) is 0.781. The minimum atomic E-state index is -0.218. The predicted octanol–water partition coefficient (Wildman–Crippen LogP) is 1.76. The summed E-state index contributed by atoms with van der Waals surface area (Å²) in [4.78, 5) is 32.5. The first-order valence-corrected chi connectivity index (χ1v) is 9.15. The van der Waals surface area contributed by atoms with Gasteiger partial charge in [-0.25, -0.2) is 0 Å². The molecule has 2 heterocycles. The smallest absolute Gasteiger partial charge is 0.320 e. The van der Waals surface area contributed by atoms with Gasteiger partial charge < -0.3 is 14.2 Å². The summed E-state index contributed by atoms with van der Waals surface area (Å²) >= 11 is 0. The topological polar surface area (TPSA) is 88.8 Å². The number of hydrogen-bond donors (Lipinski definition) is 0. The zero-order valence-electron chi connectivity index (χ0n) is 15.7. The van der Waals surface area contributed by atoms with Crippen molar-refractivity contribution in [2.24, 2.45) is 0 Å². The molecule has 1 amide bonds. The van der Waals surface area contributed by atoms with Gasteiger partial charge in [0.25, 0.3) is 11.8 Å². The molecular formula is C19H24N4O4. The van der Waals surface area contributed by atoms with E-state index < -0.39 is 0 Å². The van der Waals surface area contributed by atoms with Gasteiger partial charge in [0.2, 0.25) is 0 Å². The van der Waals surface area contributed by atoms with Gasteiger partial charge in [0.15, 0.2) is 5.82 Å². The van der Waals surface area contributed by atoms with Gasteiger partial charge in [-0.1, -0.05) is 5.16 Å². The van der Waals surface area contributed by atoms with E-state index in [1.165, 1.54) is 0 Å². The Hall–Kier alpha value is -2.74. The Labute approximate surface area is 158 Å². The Morgan fingerprint density at radius 1 is 1.15 bits per heavy atom. The van der Waals surface area contributed by atoms with Gasteiger partial charge in [-0.3, -0.25) is 14.5 Å². The summed E-state index contributed by atoms with van der Waals surface area (Å²) in [7, 11) is 0. The minimum Gasteiger partial charge on any atom is -0.465 e. The van der Waals surface area contributed by atoms with Crippen molar-refractivity contribution in [3.63, 3.8) is 0 Å². The van der Waals surface area contributed by atoms with Crippen LogP contribution in [0.15, 0.2) is 28.8 Å². The summed E-state index contributed by atoms with van der Waals surface area (Å²) in [6.07, 6.45) is 0.824. The first-order chi connectivity index (χ1) is 13.1.